The van der Waals surface area contributed by atoms with Gasteiger partial charge in [0.05, 0.1) is 8.80 Å². The van der Waals surface area contributed by atoms with Gasteiger partial charge in [0.15, 0.2) is 0 Å². The minimum absolute atomic E-state index is 0.656. The Morgan fingerprint density at radius 1 is 1.23 bits per heavy atom. The van der Waals surface area contributed by atoms with Crippen molar-refractivity contribution in [2.45, 2.75) is 24.8 Å². The van der Waals surface area contributed by atoms with Gasteiger partial charge in [-0.25, -0.2) is 0 Å². The molecule has 0 aromatic heterocycles. The van der Waals surface area contributed by atoms with Gasteiger partial charge in [-0.2, -0.15) is 0 Å². The van der Waals surface area contributed by atoms with Gasteiger partial charge >= 0.3 is 0 Å². The Morgan fingerprint density at radius 3 is 1.92 bits per heavy atom. The third kappa shape index (κ3) is 4.07. The topological polar surface area (TPSA) is 6.48 Å². The van der Waals surface area contributed by atoms with E-state index >= 15 is 0 Å². The maximum Gasteiger partial charge on any atom is 0.0786 e. The summed E-state index contributed by atoms with van der Waals surface area (Å²) < 4.78 is 0. The van der Waals surface area contributed by atoms with Crippen molar-refractivity contribution in [3.8, 4) is 0 Å². The lowest BCUT2D eigenvalue weighted by Crippen LogP contribution is -2.51. The number of nitrogens with zero attached hydrogens (tertiary/aromatic N) is 2. The third-order valence-electron chi connectivity index (χ3n) is 2.47. The van der Waals surface area contributed by atoms with Gasteiger partial charge in [0.2, 0.25) is 0 Å². The molecule has 0 bridgehead atoms. The number of hydrogen-bond donors (Lipinski definition) is 0. The van der Waals surface area contributed by atoms with Crippen LogP contribution in [0.3, 0.4) is 0 Å². The molecule has 13 heavy (non-hydrogen) atoms. The molecular formula is C10H24N2Si. The lowest BCUT2D eigenvalue weighted by atomic mass is 10.7. The van der Waals surface area contributed by atoms with Gasteiger partial charge in [-0.15, -0.1) is 6.58 Å². The summed E-state index contributed by atoms with van der Waals surface area (Å²) in [5, 5.41) is 0. The van der Waals surface area contributed by atoms with Gasteiger partial charge in [-0.3, -0.25) is 9.80 Å². The molecule has 0 amide bonds. The van der Waals surface area contributed by atoms with E-state index < -0.39 is 8.80 Å². The lowest BCUT2D eigenvalue weighted by molar-refractivity contribution is 0.196. The Morgan fingerprint density at radius 2 is 1.69 bits per heavy atom. The van der Waals surface area contributed by atoms with Crippen molar-refractivity contribution >= 4 is 8.80 Å². The molecule has 0 heterocycles. The van der Waals surface area contributed by atoms with E-state index in [9.17, 15) is 0 Å². The van der Waals surface area contributed by atoms with Crippen molar-refractivity contribution in [3.63, 3.8) is 0 Å². The van der Waals surface area contributed by atoms with Crippen LogP contribution in [0.2, 0.25) is 12.1 Å². The summed E-state index contributed by atoms with van der Waals surface area (Å²) >= 11 is 0. The van der Waals surface area contributed by atoms with E-state index in [4.69, 9.17) is 0 Å². The second-order valence-corrected chi connectivity index (χ2v) is 7.44. The van der Waals surface area contributed by atoms with Gasteiger partial charge in [0.25, 0.3) is 0 Å². The van der Waals surface area contributed by atoms with Crippen LogP contribution in [-0.4, -0.2) is 52.6 Å². The molecule has 0 radical (unpaired) electrons. The molecule has 0 fully saturated rings. The Kier molecular flexibility index (Phi) is 6.29. The molecule has 0 aliphatic rings. The molecule has 0 saturated heterocycles. The smallest absolute Gasteiger partial charge is 0.0786 e. The molecular weight excluding hydrogens is 176 g/mol. The first-order valence-electron chi connectivity index (χ1n) is 4.98. The van der Waals surface area contributed by atoms with Gasteiger partial charge in [0.1, 0.15) is 0 Å². The molecule has 0 N–H and O–H groups in total. The van der Waals surface area contributed by atoms with Crippen molar-refractivity contribution in [2.75, 3.05) is 28.2 Å². The first-order chi connectivity index (χ1) is 6.04. The maximum absolute atomic E-state index is 3.85. The zero-order valence-corrected chi connectivity index (χ0v) is 10.9. The summed E-state index contributed by atoms with van der Waals surface area (Å²) in [6.45, 7) is 6.15. The van der Waals surface area contributed by atoms with E-state index in [0.717, 1.165) is 0 Å². The highest BCUT2D eigenvalue weighted by Crippen LogP contribution is 2.11. The minimum atomic E-state index is -0.710. The molecule has 1 unspecified atom stereocenters. The molecule has 0 spiro atoms. The fraction of sp³-hybridized carbons (Fsp3) is 0.800. The van der Waals surface area contributed by atoms with Crippen LogP contribution >= 0.6 is 0 Å². The highest BCUT2D eigenvalue weighted by Gasteiger charge is 2.23. The van der Waals surface area contributed by atoms with Gasteiger partial charge in [-0.1, -0.05) is 19.0 Å². The fourth-order valence-electron chi connectivity index (χ4n) is 2.02. The molecule has 2 nitrogen and oxygen atoms in total. The van der Waals surface area contributed by atoms with E-state index in [2.05, 4.69) is 57.6 Å². The second-order valence-electron chi connectivity index (χ2n) is 4.03. The second kappa shape index (κ2) is 6.35. The number of allylic oxidation sites excluding steroid dienone is 1. The fourth-order valence-corrected chi connectivity index (χ4v) is 5.13. The van der Waals surface area contributed by atoms with E-state index in [1.54, 1.807) is 0 Å². The molecule has 3 heteroatoms. The molecule has 0 aromatic carbocycles. The average Bonchev–Trinajstić information content (AvgIpc) is 2.02. The maximum atomic E-state index is 3.85. The lowest BCUT2D eigenvalue weighted by Gasteiger charge is -2.35. The van der Waals surface area contributed by atoms with Crippen LogP contribution in [0, 0.1) is 0 Å². The van der Waals surface area contributed by atoms with Crippen molar-refractivity contribution in [3.05, 3.63) is 12.7 Å². The third-order valence-corrected chi connectivity index (χ3v) is 6.50. The van der Waals surface area contributed by atoms with E-state index in [-0.39, 0.29) is 0 Å². The largest absolute Gasteiger partial charge is 0.297 e. The van der Waals surface area contributed by atoms with E-state index in [1.807, 2.05) is 0 Å². The predicted octanol–water partition coefficient (Wildman–Crippen LogP) is 1.41. The SMILES string of the molecule is C=CC[SiH](CC)C(N(C)C)N(C)C. The summed E-state index contributed by atoms with van der Waals surface area (Å²) in [4.78, 5) is 4.67. The van der Waals surface area contributed by atoms with E-state index in [0.29, 0.717) is 5.79 Å². The van der Waals surface area contributed by atoms with Crippen molar-refractivity contribution in [2.24, 2.45) is 0 Å². The first kappa shape index (κ1) is 12.9. The number of hydrogen-bond acceptors (Lipinski definition) is 2. The summed E-state index contributed by atoms with van der Waals surface area (Å²) in [5.41, 5.74) is 0. The summed E-state index contributed by atoms with van der Waals surface area (Å²) in [6.07, 6.45) is 2.08. The van der Waals surface area contributed by atoms with E-state index in [1.165, 1.54) is 12.1 Å². The monoisotopic (exact) mass is 200 g/mol. The molecule has 0 aliphatic carbocycles. The Balaban J connectivity index is 4.38. The van der Waals surface area contributed by atoms with Crippen LogP contribution in [0.4, 0.5) is 0 Å². The van der Waals surface area contributed by atoms with Crippen molar-refractivity contribution in [1.29, 1.82) is 0 Å². The average molecular weight is 200 g/mol. The van der Waals surface area contributed by atoms with Gasteiger partial charge < -0.3 is 0 Å². The highest BCUT2D eigenvalue weighted by atomic mass is 28.3. The Labute approximate surface area is 84.8 Å². The first-order valence-corrected chi connectivity index (χ1v) is 7.28. The Bertz CT molecular complexity index is 138. The molecule has 0 rings (SSSR count). The van der Waals surface area contributed by atoms with Crippen LogP contribution in [0.1, 0.15) is 6.92 Å². The van der Waals surface area contributed by atoms with Crippen molar-refractivity contribution < 1.29 is 0 Å². The van der Waals surface area contributed by atoms with Crippen LogP contribution in [-0.2, 0) is 0 Å². The Hall–Kier alpha value is -0.123. The van der Waals surface area contributed by atoms with Gasteiger partial charge in [-0.05, 0) is 34.2 Å². The highest BCUT2D eigenvalue weighted by molar-refractivity contribution is 6.60. The molecule has 78 valence electrons. The van der Waals surface area contributed by atoms with Crippen LogP contribution < -0.4 is 0 Å². The molecule has 0 aliphatic heterocycles. The van der Waals surface area contributed by atoms with Crippen LogP contribution in [0.15, 0.2) is 12.7 Å². The number of rotatable bonds is 6. The zero-order valence-electron chi connectivity index (χ0n) is 9.75. The predicted molar refractivity (Wildman–Crippen MR) is 63.8 cm³/mol. The van der Waals surface area contributed by atoms with Gasteiger partial charge in [0, 0.05) is 5.79 Å². The summed E-state index contributed by atoms with van der Waals surface area (Å²) in [5.74, 6) is 0.656. The summed E-state index contributed by atoms with van der Waals surface area (Å²) in [7, 11) is 7.97. The standard InChI is InChI=1S/C10H24N2Si/c1-7-9-13(8-2)10(11(3)4)12(5)6/h7,10,13H,1,8-9H2,2-6H3. The van der Waals surface area contributed by atoms with Crippen LogP contribution in [0.5, 0.6) is 0 Å². The molecule has 0 saturated carbocycles. The van der Waals surface area contributed by atoms with Crippen LogP contribution in [0.25, 0.3) is 0 Å². The van der Waals surface area contributed by atoms with Crippen molar-refractivity contribution in [1.82, 2.24) is 9.80 Å². The zero-order chi connectivity index (χ0) is 10.4. The minimum Gasteiger partial charge on any atom is -0.297 e. The summed E-state index contributed by atoms with van der Waals surface area (Å²) in [6, 6.07) is 2.57. The molecule has 1 atom stereocenters. The molecule has 0 aromatic rings. The quantitative estimate of drug-likeness (QED) is 0.363. The normalized spacial score (nSPS) is 14.2.